The number of aryl methyl sites for hydroxylation is 1. The number of carbonyl (C=O) groups is 2. The number of ether oxygens (including phenoxy) is 1. The van der Waals surface area contributed by atoms with E-state index in [1.54, 1.807) is 6.92 Å². The molecule has 0 saturated carbocycles. The van der Waals surface area contributed by atoms with Gasteiger partial charge in [0.05, 0.1) is 16.9 Å². The number of nitrogens with one attached hydrogen (secondary N) is 2. The minimum Gasteiger partial charge on any atom is -0.368 e. The van der Waals surface area contributed by atoms with Gasteiger partial charge in [-0.1, -0.05) is 0 Å². The van der Waals surface area contributed by atoms with Crippen LogP contribution in [0.2, 0.25) is 0 Å². The minimum absolute atomic E-state index is 0.0570. The largest absolute Gasteiger partial charge is 0.418 e. The lowest BCUT2D eigenvalue weighted by Gasteiger charge is -2.16. The molecule has 2 N–H and O–H groups in total. The van der Waals surface area contributed by atoms with E-state index in [1.807, 2.05) is 0 Å². The Morgan fingerprint density at radius 1 is 1.12 bits per heavy atom. The first-order valence-electron chi connectivity index (χ1n) is 10.3. The van der Waals surface area contributed by atoms with Crippen molar-refractivity contribution in [1.29, 1.82) is 0 Å². The van der Waals surface area contributed by atoms with Crippen LogP contribution in [0.5, 0.6) is 0 Å². The van der Waals surface area contributed by atoms with E-state index in [-0.39, 0.29) is 10.6 Å². The van der Waals surface area contributed by atoms with E-state index in [4.69, 9.17) is 4.74 Å². The number of nitrogens with zero attached hydrogens (tertiary/aromatic N) is 1. The summed E-state index contributed by atoms with van der Waals surface area (Å²) in [4.78, 5) is 29.4. The molecule has 0 bridgehead atoms. The second-order valence-electron chi connectivity index (χ2n) is 7.64. The van der Waals surface area contributed by atoms with Crippen LogP contribution in [0.15, 0.2) is 42.5 Å². The standard InChI is InChI=1S/C23H19F4N3O3S/c1-12-19(34-22(28-12)13-4-6-14(24)7-5-13)21(32)30-17-9-8-15(11-16(17)23(25,26)27)29-20(31)18-3-2-10-33-18/h4-9,11,18H,2-3,10H2,1H3,(H,29,31)(H,30,32). The number of anilines is 2. The molecule has 3 aromatic rings. The Hall–Kier alpha value is -3.31. The van der Waals surface area contributed by atoms with Gasteiger partial charge in [-0.05, 0) is 62.2 Å². The van der Waals surface area contributed by atoms with Gasteiger partial charge in [0.25, 0.3) is 11.8 Å². The summed E-state index contributed by atoms with van der Waals surface area (Å²) < 4.78 is 59.6. The Balaban J connectivity index is 1.56. The second kappa shape index (κ2) is 9.51. The molecule has 1 aliphatic rings. The molecule has 6 nitrogen and oxygen atoms in total. The fourth-order valence-corrected chi connectivity index (χ4v) is 4.44. The summed E-state index contributed by atoms with van der Waals surface area (Å²) in [6.45, 7) is 1.99. The Labute approximate surface area is 196 Å². The second-order valence-corrected chi connectivity index (χ2v) is 8.64. The molecule has 1 unspecified atom stereocenters. The van der Waals surface area contributed by atoms with Crippen LogP contribution < -0.4 is 10.6 Å². The van der Waals surface area contributed by atoms with Gasteiger partial charge in [0.2, 0.25) is 0 Å². The molecule has 1 aliphatic heterocycles. The molecule has 11 heteroatoms. The van der Waals surface area contributed by atoms with Crippen molar-refractivity contribution in [1.82, 2.24) is 4.98 Å². The molecule has 0 radical (unpaired) electrons. The Morgan fingerprint density at radius 2 is 1.85 bits per heavy atom. The molecule has 1 aromatic heterocycles. The third-order valence-corrected chi connectivity index (χ3v) is 6.36. The van der Waals surface area contributed by atoms with Crippen LogP contribution in [0.1, 0.15) is 33.8 Å². The Morgan fingerprint density at radius 3 is 2.50 bits per heavy atom. The smallest absolute Gasteiger partial charge is 0.368 e. The zero-order valence-electron chi connectivity index (χ0n) is 17.8. The first-order chi connectivity index (χ1) is 16.1. The first kappa shape index (κ1) is 23.8. The fraction of sp³-hybridized carbons (Fsp3) is 0.261. The number of rotatable bonds is 5. The normalized spacial score (nSPS) is 15.9. The molecule has 1 saturated heterocycles. The van der Waals surface area contributed by atoms with Crippen LogP contribution in [-0.2, 0) is 15.7 Å². The third kappa shape index (κ3) is 5.26. The van der Waals surface area contributed by atoms with Crippen LogP contribution >= 0.6 is 11.3 Å². The summed E-state index contributed by atoms with van der Waals surface area (Å²) in [6.07, 6.45) is -4.27. The van der Waals surface area contributed by atoms with Gasteiger partial charge in [-0.15, -0.1) is 11.3 Å². The maximum absolute atomic E-state index is 13.7. The van der Waals surface area contributed by atoms with E-state index in [1.165, 1.54) is 30.3 Å². The van der Waals surface area contributed by atoms with Crippen LogP contribution in [-0.4, -0.2) is 29.5 Å². The van der Waals surface area contributed by atoms with Crippen molar-refractivity contribution in [3.63, 3.8) is 0 Å². The molecule has 4 rings (SSSR count). The minimum atomic E-state index is -4.78. The van der Waals surface area contributed by atoms with Gasteiger partial charge in [0.1, 0.15) is 21.8 Å². The van der Waals surface area contributed by atoms with E-state index < -0.39 is 41.2 Å². The van der Waals surface area contributed by atoms with Crippen LogP contribution in [0.3, 0.4) is 0 Å². The highest BCUT2D eigenvalue weighted by Gasteiger charge is 2.35. The monoisotopic (exact) mass is 493 g/mol. The number of hydrogen-bond donors (Lipinski definition) is 2. The van der Waals surface area contributed by atoms with Crippen molar-refractivity contribution in [2.24, 2.45) is 0 Å². The van der Waals surface area contributed by atoms with E-state index in [0.29, 0.717) is 35.7 Å². The van der Waals surface area contributed by atoms with Gasteiger partial charge >= 0.3 is 6.18 Å². The maximum Gasteiger partial charge on any atom is 0.418 e. The lowest BCUT2D eigenvalue weighted by molar-refractivity contribution is -0.137. The number of thiazole rings is 1. The van der Waals surface area contributed by atoms with Crippen molar-refractivity contribution >= 4 is 34.5 Å². The zero-order chi connectivity index (χ0) is 24.5. The predicted octanol–water partition coefficient (Wildman–Crippen LogP) is 5.65. The first-order valence-corrected chi connectivity index (χ1v) is 11.1. The van der Waals surface area contributed by atoms with Crippen molar-refractivity contribution in [3.05, 3.63) is 64.4 Å². The van der Waals surface area contributed by atoms with Crippen LogP contribution in [0.4, 0.5) is 28.9 Å². The van der Waals surface area contributed by atoms with E-state index in [2.05, 4.69) is 15.6 Å². The summed E-state index contributed by atoms with van der Waals surface area (Å²) >= 11 is 0.987. The van der Waals surface area contributed by atoms with Crippen molar-refractivity contribution in [3.8, 4) is 10.6 Å². The van der Waals surface area contributed by atoms with Gasteiger partial charge in [-0.25, -0.2) is 9.37 Å². The van der Waals surface area contributed by atoms with Gasteiger partial charge < -0.3 is 15.4 Å². The summed E-state index contributed by atoms with van der Waals surface area (Å²) in [5, 5.41) is 5.17. The third-order valence-electron chi connectivity index (χ3n) is 5.16. The maximum atomic E-state index is 13.7. The summed E-state index contributed by atoms with van der Waals surface area (Å²) in [5.74, 6) is -1.70. The quantitative estimate of drug-likeness (QED) is 0.451. The number of halogens is 4. The molecule has 2 aromatic carbocycles. The Kier molecular flexibility index (Phi) is 6.67. The average Bonchev–Trinajstić information content (AvgIpc) is 3.45. The van der Waals surface area contributed by atoms with E-state index in [0.717, 1.165) is 23.5 Å². The molecule has 0 aliphatic carbocycles. The average molecular weight is 493 g/mol. The molecule has 178 valence electrons. The predicted molar refractivity (Wildman–Crippen MR) is 119 cm³/mol. The number of benzene rings is 2. The zero-order valence-corrected chi connectivity index (χ0v) is 18.6. The molecule has 2 amide bonds. The number of alkyl halides is 3. The highest BCUT2D eigenvalue weighted by atomic mass is 32.1. The van der Waals surface area contributed by atoms with E-state index >= 15 is 0 Å². The molecular formula is C23H19F4N3O3S. The summed E-state index contributed by atoms with van der Waals surface area (Å²) in [6, 6.07) is 8.64. The number of amides is 2. The summed E-state index contributed by atoms with van der Waals surface area (Å²) in [7, 11) is 0. The molecule has 0 spiro atoms. The van der Waals surface area contributed by atoms with E-state index in [9.17, 15) is 27.2 Å². The van der Waals surface area contributed by atoms with Gasteiger partial charge in [-0.3, -0.25) is 9.59 Å². The SMILES string of the molecule is Cc1nc(-c2ccc(F)cc2)sc1C(=O)Nc1ccc(NC(=O)C2CCCO2)cc1C(F)(F)F. The molecular weight excluding hydrogens is 474 g/mol. The molecule has 2 heterocycles. The number of hydrogen-bond acceptors (Lipinski definition) is 5. The van der Waals surface area contributed by atoms with Crippen molar-refractivity contribution < 1.29 is 31.9 Å². The molecule has 34 heavy (non-hydrogen) atoms. The lowest BCUT2D eigenvalue weighted by Crippen LogP contribution is -2.27. The van der Waals surface area contributed by atoms with Gasteiger partial charge in [0.15, 0.2) is 0 Å². The fourth-order valence-electron chi connectivity index (χ4n) is 3.47. The number of carbonyl (C=O) groups excluding carboxylic acids is 2. The van der Waals surface area contributed by atoms with Crippen LogP contribution in [0, 0.1) is 12.7 Å². The Bertz CT molecular complexity index is 1220. The lowest BCUT2D eigenvalue weighted by atomic mass is 10.1. The summed E-state index contributed by atoms with van der Waals surface area (Å²) in [5.41, 5.74) is -0.708. The van der Waals surface area contributed by atoms with Crippen molar-refractivity contribution in [2.75, 3.05) is 17.2 Å². The molecule has 1 fully saturated rings. The van der Waals surface area contributed by atoms with Gasteiger partial charge in [0, 0.05) is 17.9 Å². The topological polar surface area (TPSA) is 80.3 Å². The highest BCUT2D eigenvalue weighted by molar-refractivity contribution is 7.17. The van der Waals surface area contributed by atoms with Crippen molar-refractivity contribution in [2.45, 2.75) is 32.0 Å². The molecule has 1 atom stereocenters. The number of aromatic nitrogens is 1. The van der Waals surface area contributed by atoms with Gasteiger partial charge in [-0.2, -0.15) is 13.2 Å². The highest BCUT2D eigenvalue weighted by Crippen LogP contribution is 2.37. The van der Waals surface area contributed by atoms with Crippen LogP contribution in [0.25, 0.3) is 10.6 Å².